The number of hydrogen-bond donors (Lipinski definition) is 0. The van der Waals surface area contributed by atoms with E-state index in [1.807, 2.05) is 0 Å². The third-order valence-electron chi connectivity index (χ3n) is 4.72. The number of esters is 1. The number of methoxy groups -OCH3 is 1. The maximum absolute atomic E-state index is 13.0. The van der Waals surface area contributed by atoms with Gasteiger partial charge in [0.05, 0.1) is 33.5 Å². The van der Waals surface area contributed by atoms with Crippen molar-refractivity contribution in [3.63, 3.8) is 0 Å². The second kappa shape index (κ2) is 8.16. The quantitative estimate of drug-likeness (QED) is 0.534. The summed E-state index contributed by atoms with van der Waals surface area (Å²) in [5.74, 6) is -0.330. The first-order chi connectivity index (χ1) is 14.8. The van der Waals surface area contributed by atoms with Crippen LogP contribution in [0.2, 0.25) is 0 Å². The summed E-state index contributed by atoms with van der Waals surface area (Å²) in [6, 6.07) is 9.38. The van der Waals surface area contributed by atoms with Crippen molar-refractivity contribution in [1.82, 2.24) is 4.57 Å². The van der Waals surface area contributed by atoms with Crippen molar-refractivity contribution in [3.05, 3.63) is 46.8 Å². The smallest absolute Gasteiger partial charge is 0.325 e. The van der Waals surface area contributed by atoms with Crippen molar-refractivity contribution in [3.8, 4) is 11.5 Å². The van der Waals surface area contributed by atoms with E-state index >= 15 is 0 Å². The van der Waals surface area contributed by atoms with Crippen LogP contribution in [0.5, 0.6) is 11.5 Å². The average Bonchev–Trinajstić information content (AvgIpc) is 3.35. The van der Waals surface area contributed by atoms with Gasteiger partial charge in [-0.15, -0.1) is 0 Å². The van der Waals surface area contributed by atoms with Crippen molar-refractivity contribution < 1.29 is 32.2 Å². The molecule has 0 fully saturated rings. The normalized spacial score (nSPS) is 13.5. The lowest BCUT2D eigenvalue weighted by Gasteiger charge is -2.06. The van der Waals surface area contributed by atoms with Crippen molar-refractivity contribution in [2.45, 2.75) is 18.4 Å². The number of amides is 1. The molecule has 1 aliphatic heterocycles. The highest BCUT2D eigenvalue weighted by Crippen LogP contribution is 2.37. The minimum Gasteiger partial charge on any atom is -0.468 e. The zero-order valence-electron chi connectivity index (χ0n) is 16.7. The van der Waals surface area contributed by atoms with Crippen LogP contribution in [0, 0.1) is 0 Å². The summed E-state index contributed by atoms with van der Waals surface area (Å²) in [5, 5.41) is 0. The molecule has 0 N–H and O–H groups in total. The van der Waals surface area contributed by atoms with Crippen LogP contribution in [-0.2, 0) is 25.9 Å². The highest BCUT2D eigenvalue weighted by atomic mass is 32.2. The molecule has 0 aliphatic carbocycles. The number of fused-ring (bicyclic) bond motifs is 2. The summed E-state index contributed by atoms with van der Waals surface area (Å²) in [6.45, 7) is 1.42. The van der Waals surface area contributed by atoms with E-state index in [1.165, 1.54) is 42.1 Å². The zero-order valence-corrected chi connectivity index (χ0v) is 18.3. The Morgan fingerprint density at radius 3 is 2.61 bits per heavy atom. The number of nitrogens with zero attached hydrogens (tertiary/aromatic N) is 2. The van der Waals surface area contributed by atoms with Crippen LogP contribution in [0.1, 0.15) is 17.3 Å². The Labute approximate surface area is 181 Å². The lowest BCUT2D eigenvalue weighted by molar-refractivity contribution is -0.141. The number of aromatic nitrogens is 1. The van der Waals surface area contributed by atoms with Crippen LogP contribution < -0.4 is 14.3 Å². The molecule has 11 heteroatoms. The maximum atomic E-state index is 13.0. The van der Waals surface area contributed by atoms with Crippen molar-refractivity contribution >= 4 is 43.3 Å². The molecule has 0 bridgehead atoms. The van der Waals surface area contributed by atoms with Gasteiger partial charge < -0.3 is 18.8 Å². The number of carbonyl (C=O) groups is 2. The van der Waals surface area contributed by atoms with Gasteiger partial charge in [0, 0.05) is 12.1 Å². The molecule has 1 amide bonds. The van der Waals surface area contributed by atoms with Crippen LogP contribution in [0.15, 0.2) is 46.3 Å². The monoisotopic (exact) mass is 462 g/mol. The topological polar surface area (TPSA) is 113 Å². The van der Waals surface area contributed by atoms with Crippen LogP contribution in [0.25, 0.3) is 10.2 Å². The van der Waals surface area contributed by atoms with Gasteiger partial charge in [0.25, 0.3) is 5.91 Å². The lowest BCUT2D eigenvalue weighted by atomic mass is 10.2. The van der Waals surface area contributed by atoms with Gasteiger partial charge in [-0.3, -0.25) is 9.59 Å². The van der Waals surface area contributed by atoms with E-state index in [0.717, 1.165) is 0 Å². The number of thiazole rings is 1. The Hall–Kier alpha value is -3.18. The first-order valence-electron chi connectivity index (χ1n) is 9.24. The molecule has 2 aromatic carbocycles. The molecule has 0 unspecified atom stereocenters. The van der Waals surface area contributed by atoms with Gasteiger partial charge in [-0.05, 0) is 12.1 Å². The maximum Gasteiger partial charge on any atom is 0.325 e. The zero-order chi connectivity index (χ0) is 22.2. The third kappa shape index (κ3) is 3.93. The second-order valence-corrected chi connectivity index (χ2v) is 9.79. The minimum absolute atomic E-state index is 0.0272. The molecular formula is C20H18N2O7S2. The Morgan fingerprint density at radius 1 is 1.19 bits per heavy atom. The molecule has 31 heavy (non-hydrogen) atoms. The van der Waals surface area contributed by atoms with Crippen molar-refractivity contribution in [2.75, 3.05) is 19.7 Å². The molecule has 4 rings (SSSR count). The fourth-order valence-corrected chi connectivity index (χ4v) is 5.23. The standard InChI is InChI=1S/C20H18N2O7S2/c1-3-31(25,26)17-7-5-4-6-12(17)19(24)21-20-22(10-18(23)27-2)13-8-14-15(29-11-28-14)9-16(13)30-20/h4-9H,3,10-11H2,1-2H3. The SMILES string of the molecule is CCS(=O)(=O)c1ccccc1C(=O)N=c1sc2cc3c(cc2n1CC(=O)OC)OCO3. The summed E-state index contributed by atoms with van der Waals surface area (Å²) in [4.78, 5) is 29.3. The van der Waals surface area contributed by atoms with Gasteiger partial charge in [-0.25, -0.2) is 8.42 Å². The summed E-state index contributed by atoms with van der Waals surface area (Å²) in [7, 11) is -2.36. The number of benzene rings is 2. The van der Waals surface area contributed by atoms with Gasteiger partial charge in [-0.1, -0.05) is 30.4 Å². The van der Waals surface area contributed by atoms with E-state index in [1.54, 1.807) is 24.3 Å². The first-order valence-corrected chi connectivity index (χ1v) is 11.7. The molecule has 0 spiro atoms. The Bertz CT molecular complexity index is 1370. The van der Waals surface area contributed by atoms with Gasteiger partial charge >= 0.3 is 5.97 Å². The third-order valence-corrected chi connectivity index (χ3v) is 7.55. The predicted molar refractivity (Wildman–Crippen MR) is 112 cm³/mol. The van der Waals surface area contributed by atoms with Crippen LogP contribution in [-0.4, -0.2) is 44.5 Å². The molecule has 1 aromatic heterocycles. The molecule has 0 saturated heterocycles. The Kier molecular flexibility index (Phi) is 5.54. The van der Waals surface area contributed by atoms with E-state index in [9.17, 15) is 18.0 Å². The summed E-state index contributed by atoms with van der Waals surface area (Å²) in [5.41, 5.74) is 0.584. The fraction of sp³-hybridized carbons (Fsp3) is 0.250. The molecule has 0 radical (unpaired) electrons. The number of hydrogen-bond acceptors (Lipinski definition) is 8. The summed E-state index contributed by atoms with van der Waals surface area (Å²) >= 11 is 1.17. The first kappa shape index (κ1) is 21.1. The largest absolute Gasteiger partial charge is 0.468 e. The van der Waals surface area contributed by atoms with Gasteiger partial charge in [0.15, 0.2) is 26.1 Å². The van der Waals surface area contributed by atoms with Crippen molar-refractivity contribution in [1.29, 1.82) is 0 Å². The summed E-state index contributed by atoms with van der Waals surface area (Å²) < 4.78 is 42.6. The van der Waals surface area contributed by atoms with E-state index in [4.69, 9.17) is 14.2 Å². The lowest BCUT2D eigenvalue weighted by Crippen LogP contribution is -2.22. The molecule has 0 atom stereocenters. The molecule has 162 valence electrons. The molecular weight excluding hydrogens is 444 g/mol. The average molecular weight is 463 g/mol. The number of rotatable bonds is 5. The van der Waals surface area contributed by atoms with E-state index in [2.05, 4.69) is 4.99 Å². The molecule has 0 saturated carbocycles. The predicted octanol–water partition coefficient (Wildman–Crippen LogP) is 2.14. The molecule has 2 heterocycles. The molecule has 9 nitrogen and oxygen atoms in total. The number of carbonyl (C=O) groups excluding carboxylic acids is 2. The second-order valence-electron chi connectivity index (χ2n) is 6.54. The number of sulfone groups is 1. The number of ether oxygens (including phenoxy) is 3. The Morgan fingerprint density at radius 2 is 1.90 bits per heavy atom. The van der Waals surface area contributed by atoms with Gasteiger partial charge in [0.2, 0.25) is 6.79 Å². The van der Waals surface area contributed by atoms with E-state index < -0.39 is 21.7 Å². The summed E-state index contributed by atoms with van der Waals surface area (Å²) in [6.07, 6.45) is 0. The van der Waals surface area contributed by atoms with Crippen molar-refractivity contribution in [2.24, 2.45) is 4.99 Å². The van der Waals surface area contributed by atoms with Gasteiger partial charge in [0.1, 0.15) is 6.54 Å². The van der Waals surface area contributed by atoms with Crippen LogP contribution >= 0.6 is 11.3 Å². The van der Waals surface area contributed by atoms with E-state index in [-0.39, 0.29) is 34.4 Å². The highest BCUT2D eigenvalue weighted by molar-refractivity contribution is 7.91. The fourth-order valence-electron chi connectivity index (χ4n) is 3.11. The van der Waals surface area contributed by atoms with Crippen LogP contribution in [0.4, 0.5) is 0 Å². The highest BCUT2D eigenvalue weighted by Gasteiger charge is 2.22. The van der Waals surface area contributed by atoms with Gasteiger partial charge in [-0.2, -0.15) is 4.99 Å². The Balaban J connectivity index is 1.89. The van der Waals surface area contributed by atoms with E-state index in [0.29, 0.717) is 21.7 Å². The molecule has 3 aromatic rings. The molecule has 1 aliphatic rings. The van der Waals surface area contributed by atoms with Crippen LogP contribution in [0.3, 0.4) is 0 Å². The minimum atomic E-state index is -3.62.